The molecule has 0 bridgehead atoms. The van der Waals surface area contributed by atoms with Gasteiger partial charge in [-0.3, -0.25) is 9.59 Å². The quantitative estimate of drug-likeness (QED) is 0.906. The fourth-order valence-electron chi connectivity index (χ4n) is 2.53. The number of nitrogens with zero attached hydrogens (tertiary/aromatic N) is 1. The van der Waals surface area contributed by atoms with Gasteiger partial charge in [-0.15, -0.1) is 0 Å². The Morgan fingerprint density at radius 3 is 2.68 bits per heavy atom. The Balaban J connectivity index is 2.07. The second-order valence-corrected chi connectivity index (χ2v) is 5.82. The first-order valence-electron chi connectivity index (χ1n) is 7.31. The lowest BCUT2D eigenvalue weighted by Gasteiger charge is -2.25. The lowest BCUT2D eigenvalue weighted by Crippen LogP contribution is -2.42. The van der Waals surface area contributed by atoms with Crippen LogP contribution >= 0.6 is 0 Å². The van der Waals surface area contributed by atoms with Gasteiger partial charge in [0.15, 0.2) is 17.7 Å². The van der Waals surface area contributed by atoms with E-state index in [2.05, 4.69) is 0 Å². The van der Waals surface area contributed by atoms with E-state index in [0.29, 0.717) is 19.4 Å². The Kier molecular flexibility index (Phi) is 4.68. The fraction of sp³-hybridized carbons (Fsp3) is 0.500. The molecule has 1 aliphatic rings. The van der Waals surface area contributed by atoms with Crippen molar-refractivity contribution in [1.29, 1.82) is 0 Å². The topological polar surface area (TPSA) is 66.8 Å². The number of hydrogen-bond donors (Lipinski definition) is 1. The molecule has 1 fully saturated rings. The van der Waals surface area contributed by atoms with E-state index in [1.54, 1.807) is 26.0 Å². The first-order chi connectivity index (χ1) is 10.4. The predicted molar refractivity (Wildman–Crippen MR) is 78.0 cm³/mol. The normalized spacial score (nSPS) is 22.4. The van der Waals surface area contributed by atoms with Gasteiger partial charge in [-0.25, -0.2) is 4.39 Å². The van der Waals surface area contributed by atoms with E-state index in [4.69, 9.17) is 4.74 Å². The van der Waals surface area contributed by atoms with E-state index < -0.39 is 23.3 Å². The van der Waals surface area contributed by atoms with Gasteiger partial charge >= 0.3 is 5.97 Å². The Morgan fingerprint density at radius 1 is 1.45 bits per heavy atom. The second kappa shape index (κ2) is 6.34. The number of amides is 1. The molecule has 0 unspecified atom stereocenters. The molecule has 0 spiro atoms. The summed E-state index contributed by atoms with van der Waals surface area (Å²) < 4.78 is 19.1. The molecule has 0 saturated carbocycles. The summed E-state index contributed by atoms with van der Waals surface area (Å²) in [4.78, 5) is 25.2. The Bertz CT molecular complexity index is 577. The van der Waals surface area contributed by atoms with Crippen LogP contribution in [0.2, 0.25) is 0 Å². The van der Waals surface area contributed by atoms with Gasteiger partial charge in [0.05, 0.1) is 5.41 Å². The van der Waals surface area contributed by atoms with Gasteiger partial charge < -0.3 is 14.7 Å². The molecule has 22 heavy (non-hydrogen) atoms. The number of likely N-dealkylation sites (tertiary alicyclic amines) is 1. The number of hydrogen-bond acceptors (Lipinski definition) is 3. The molecular weight excluding hydrogens is 289 g/mol. The van der Waals surface area contributed by atoms with Gasteiger partial charge in [0, 0.05) is 13.1 Å². The number of carboxylic acid groups (broad SMARTS) is 1. The Hall–Kier alpha value is -2.11. The molecule has 0 aromatic heterocycles. The van der Waals surface area contributed by atoms with Crippen LogP contribution in [0.25, 0.3) is 0 Å². The van der Waals surface area contributed by atoms with Crippen molar-refractivity contribution in [2.75, 3.05) is 13.1 Å². The average Bonchev–Trinajstić information content (AvgIpc) is 2.90. The van der Waals surface area contributed by atoms with Crippen LogP contribution in [-0.2, 0) is 9.59 Å². The average molecular weight is 309 g/mol. The highest BCUT2D eigenvalue weighted by molar-refractivity contribution is 5.83. The van der Waals surface area contributed by atoms with Crippen molar-refractivity contribution >= 4 is 11.9 Å². The third-order valence-electron chi connectivity index (χ3n) is 4.05. The third-order valence-corrected chi connectivity index (χ3v) is 4.05. The maximum Gasteiger partial charge on any atom is 0.311 e. The Labute approximate surface area is 128 Å². The van der Waals surface area contributed by atoms with E-state index in [0.717, 1.165) is 0 Å². The number of carbonyl (C=O) groups is 2. The molecule has 1 aliphatic heterocycles. The Morgan fingerprint density at radius 2 is 2.14 bits per heavy atom. The highest BCUT2D eigenvalue weighted by Crippen LogP contribution is 2.31. The summed E-state index contributed by atoms with van der Waals surface area (Å²) in [7, 11) is 0. The first kappa shape index (κ1) is 16.3. The lowest BCUT2D eigenvalue weighted by molar-refractivity contribution is -0.148. The highest BCUT2D eigenvalue weighted by Gasteiger charge is 2.43. The maximum atomic E-state index is 13.6. The van der Waals surface area contributed by atoms with Crippen LogP contribution in [0, 0.1) is 11.2 Å². The van der Waals surface area contributed by atoms with Crippen LogP contribution in [0.4, 0.5) is 4.39 Å². The molecule has 0 radical (unpaired) electrons. The van der Waals surface area contributed by atoms with Gasteiger partial charge in [0.2, 0.25) is 0 Å². The molecule has 1 N–H and O–H groups in total. The number of ether oxygens (including phenoxy) is 1. The van der Waals surface area contributed by atoms with Crippen molar-refractivity contribution in [2.24, 2.45) is 5.41 Å². The summed E-state index contributed by atoms with van der Waals surface area (Å²) in [6.07, 6.45) is -0.0227. The molecule has 2 atom stereocenters. The van der Waals surface area contributed by atoms with Crippen LogP contribution in [0.3, 0.4) is 0 Å². The number of carbonyl (C=O) groups excluding carboxylic acids is 1. The van der Waals surface area contributed by atoms with Crippen LogP contribution < -0.4 is 4.74 Å². The molecule has 2 rings (SSSR count). The zero-order valence-corrected chi connectivity index (χ0v) is 12.7. The number of halogens is 1. The second-order valence-electron chi connectivity index (χ2n) is 5.82. The van der Waals surface area contributed by atoms with E-state index in [-0.39, 0.29) is 18.2 Å². The fourth-order valence-corrected chi connectivity index (χ4v) is 2.53. The molecule has 1 aromatic rings. The molecule has 1 heterocycles. The van der Waals surface area contributed by atoms with Crippen molar-refractivity contribution < 1.29 is 23.8 Å². The zero-order chi connectivity index (χ0) is 16.3. The van der Waals surface area contributed by atoms with Gasteiger partial charge in [0.25, 0.3) is 5.91 Å². The van der Waals surface area contributed by atoms with E-state index in [1.165, 1.54) is 17.0 Å². The molecule has 0 aliphatic carbocycles. The molecule has 5 nitrogen and oxygen atoms in total. The van der Waals surface area contributed by atoms with Crippen LogP contribution in [0.15, 0.2) is 24.3 Å². The van der Waals surface area contributed by atoms with Crippen LogP contribution in [0.5, 0.6) is 5.75 Å². The first-order valence-corrected chi connectivity index (χ1v) is 7.31. The van der Waals surface area contributed by atoms with Gasteiger partial charge in [-0.1, -0.05) is 19.1 Å². The molecule has 120 valence electrons. The number of rotatable bonds is 5. The molecular formula is C16H20FNO4. The largest absolute Gasteiger partial charge is 0.481 e. The summed E-state index contributed by atoms with van der Waals surface area (Å²) in [5.41, 5.74) is -0.925. The van der Waals surface area contributed by atoms with Crippen molar-refractivity contribution in [3.63, 3.8) is 0 Å². The minimum atomic E-state index is -0.925. The number of aliphatic carboxylic acids is 1. The summed E-state index contributed by atoms with van der Waals surface area (Å²) >= 11 is 0. The maximum absolute atomic E-state index is 13.6. The summed E-state index contributed by atoms with van der Waals surface area (Å²) in [6.45, 7) is 3.92. The molecule has 1 amide bonds. The van der Waals surface area contributed by atoms with E-state index in [9.17, 15) is 19.1 Å². The van der Waals surface area contributed by atoms with Crippen molar-refractivity contribution in [1.82, 2.24) is 4.90 Å². The molecule has 1 saturated heterocycles. The van der Waals surface area contributed by atoms with E-state index in [1.807, 2.05) is 0 Å². The lowest BCUT2D eigenvalue weighted by atomic mass is 9.90. The van der Waals surface area contributed by atoms with Crippen molar-refractivity contribution in [3.05, 3.63) is 30.1 Å². The van der Waals surface area contributed by atoms with Gasteiger partial charge in [0.1, 0.15) is 0 Å². The smallest absolute Gasteiger partial charge is 0.311 e. The zero-order valence-electron chi connectivity index (χ0n) is 12.7. The highest BCUT2D eigenvalue weighted by atomic mass is 19.1. The van der Waals surface area contributed by atoms with Gasteiger partial charge in [-0.05, 0) is 31.9 Å². The number of benzene rings is 1. The van der Waals surface area contributed by atoms with Crippen LogP contribution in [0.1, 0.15) is 26.7 Å². The van der Waals surface area contributed by atoms with Gasteiger partial charge in [-0.2, -0.15) is 0 Å². The third kappa shape index (κ3) is 3.21. The van der Waals surface area contributed by atoms with Crippen molar-refractivity contribution in [3.8, 4) is 5.75 Å². The number of para-hydroxylation sites is 1. The molecule has 1 aromatic carbocycles. The molecule has 6 heteroatoms. The number of carboxylic acids is 1. The van der Waals surface area contributed by atoms with Crippen molar-refractivity contribution in [2.45, 2.75) is 32.8 Å². The minimum absolute atomic E-state index is 0.0305. The summed E-state index contributed by atoms with van der Waals surface area (Å²) in [5, 5.41) is 9.22. The van der Waals surface area contributed by atoms with E-state index >= 15 is 0 Å². The standard InChI is InChI=1S/C16H20FNO4/c1-3-12(22-13-7-5-4-6-11(13)17)14(19)18-9-8-16(2,10-18)15(20)21/h4-7,12H,3,8-10H2,1-2H3,(H,20,21)/t12-,16+/m0/s1. The SMILES string of the molecule is CC[C@H](Oc1ccccc1F)C(=O)N1CC[C@@](C)(C(=O)O)C1. The predicted octanol–water partition coefficient (Wildman–Crippen LogP) is 2.31. The summed E-state index contributed by atoms with van der Waals surface area (Å²) in [6, 6.07) is 5.91. The monoisotopic (exact) mass is 309 g/mol. The van der Waals surface area contributed by atoms with Crippen LogP contribution in [-0.4, -0.2) is 41.1 Å². The summed E-state index contributed by atoms with van der Waals surface area (Å²) in [5.74, 6) is -1.70. The minimum Gasteiger partial charge on any atom is -0.481 e.